The number of benzene rings is 3. The molecule has 2 N–H and O–H groups in total. The van der Waals surface area contributed by atoms with E-state index in [4.69, 9.17) is 18.4 Å². The Kier molecular flexibility index (Phi) is 9.20. The number of alkyl halides is 3. The molecule has 9 rings (SSSR count). The molecule has 1 saturated heterocycles. The van der Waals surface area contributed by atoms with E-state index in [0.717, 1.165) is 45.1 Å². The van der Waals surface area contributed by atoms with Gasteiger partial charge in [0, 0.05) is 53.4 Å². The van der Waals surface area contributed by atoms with Crippen LogP contribution in [0.25, 0.3) is 66.4 Å². The Labute approximate surface area is 335 Å². The Hall–Kier alpha value is -6.20. The number of aryl methyl sites for hydroxylation is 6. The number of hydrogen-bond donors (Lipinski definition) is 2. The minimum Gasteiger partial charge on any atom is -0.399 e. The van der Waals surface area contributed by atoms with E-state index < -0.39 is 35.7 Å². The number of nitrogens with zero attached hydrogens (tertiary/aromatic N) is 5. The third-order valence-corrected chi connectivity index (χ3v) is 11.5. The van der Waals surface area contributed by atoms with Gasteiger partial charge in [-0.05, 0) is 103 Å². The second-order valence-corrected chi connectivity index (χ2v) is 15.9. The van der Waals surface area contributed by atoms with Crippen molar-refractivity contribution in [2.75, 3.05) is 0 Å². The first-order chi connectivity index (χ1) is 27.7. The maximum absolute atomic E-state index is 14.1. The Bertz CT molecular complexity index is 3040. The van der Waals surface area contributed by atoms with Crippen LogP contribution in [0.2, 0.25) is 0 Å². The molecule has 0 aliphatic carbocycles. The molecule has 0 radical (unpaired) electrons. The van der Waals surface area contributed by atoms with Gasteiger partial charge < -0.3 is 28.3 Å². The number of pyridine rings is 1. The molecular weight excluding hydrogens is 766 g/mol. The predicted octanol–water partition coefficient (Wildman–Crippen LogP) is 7.81. The van der Waals surface area contributed by atoms with Gasteiger partial charge >= 0.3 is 24.7 Å². The van der Waals surface area contributed by atoms with Crippen LogP contribution in [0.5, 0.6) is 0 Å². The third-order valence-electron chi connectivity index (χ3n) is 11.5. The molecule has 17 heteroatoms. The summed E-state index contributed by atoms with van der Waals surface area (Å²) in [7, 11) is 2.68. The smallest absolute Gasteiger partial charge is 0.399 e. The first-order valence-corrected chi connectivity index (χ1v) is 18.8. The van der Waals surface area contributed by atoms with Crippen LogP contribution in [0.4, 0.5) is 13.2 Å². The highest BCUT2D eigenvalue weighted by molar-refractivity contribution is 6.65. The molecule has 3 aromatic carbocycles. The number of hydrogen-bond acceptors (Lipinski definition) is 9. The Morgan fingerprint density at radius 2 is 1.24 bits per heavy atom. The number of aromatic nitrogens is 7. The number of imidazole rings is 2. The predicted molar refractivity (Wildman–Crippen MR) is 218 cm³/mol. The summed E-state index contributed by atoms with van der Waals surface area (Å²) in [4.78, 5) is 34.6. The molecule has 0 unspecified atom stereocenters. The molecule has 6 heterocycles. The first-order valence-electron chi connectivity index (χ1n) is 18.8. The zero-order valence-corrected chi connectivity index (χ0v) is 34.1. The van der Waals surface area contributed by atoms with Gasteiger partial charge in [0.05, 0.1) is 55.7 Å². The summed E-state index contributed by atoms with van der Waals surface area (Å²) in [5.74, 6) is 1.26. The van der Waals surface area contributed by atoms with Crippen LogP contribution in [-0.2, 0) is 29.6 Å². The second kappa shape index (κ2) is 13.7. The van der Waals surface area contributed by atoms with Gasteiger partial charge in [-0.1, -0.05) is 22.4 Å². The summed E-state index contributed by atoms with van der Waals surface area (Å²) in [5, 5.41) is 8.36. The van der Waals surface area contributed by atoms with Gasteiger partial charge in [-0.3, -0.25) is 14.1 Å². The van der Waals surface area contributed by atoms with Gasteiger partial charge in [-0.15, -0.1) is 0 Å². The lowest BCUT2D eigenvalue weighted by Gasteiger charge is -2.32. The Morgan fingerprint density at radius 1 is 0.712 bits per heavy atom. The largest absolute Gasteiger partial charge is 0.497 e. The van der Waals surface area contributed by atoms with Crippen molar-refractivity contribution in [3.8, 4) is 33.4 Å². The highest BCUT2D eigenvalue weighted by Gasteiger charge is 2.52. The second-order valence-electron chi connectivity index (χ2n) is 15.9. The van der Waals surface area contributed by atoms with Crippen molar-refractivity contribution < 1.29 is 31.5 Å². The van der Waals surface area contributed by atoms with Crippen molar-refractivity contribution >= 4 is 45.6 Å². The lowest BCUT2D eigenvalue weighted by Crippen LogP contribution is -2.41. The van der Waals surface area contributed by atoms with Gasteiger partial charge in [0.2, 0.25) is 0 Å². The van der Waals surface area contributed by atoms with E-state index in [1.807, 2.05) is 53.7 Å². The summed E-state index contributed by atoms with van der Waals surface area (Å²) in [6, 6.07) is 12.9. The zero-order valence-electron chi connectivity index (χ0n) is 34.1. The number of nitrogens with one attached hydrogen (secondary N) is 2. The summed E-state index contributed by atoms with van der Waals surface area (Å²) >= 11 is 0. The van der Waals surface area contributed by atoms with Crippen molar-refractivity contribution in [3.63, 3.8) is 0 Å². The lowest BCUT2D eigenvalue weighted by molar-refractivity contribution is -0.137. The van der Waals surface area contributed by atoms with Crippen LogP contribution in [0.3, 0.4) is 0 Å². The van der Waals surface area contributed by atoms with E-state index in [1.54, 1.807) is 49.7 Å². The zero-order chi connectivity index (χ0) is 42.5. The van der Waals surface area contributed by atoms with E-state index in [9.17, 15) is 22.8 Å². The highest BCUT2D eigenvalue weighted by Crippen LogP contribution is 2.45. The SMILES string of the molecule is Cc1noc(C)c1-c1cc(-c2c(C(F)(F)F)ccc3ncccc23)c2c(c1)[nH]c(=O)n2C.Cc1noc(C)c1-c1cc(B2OC(C)(C)C(C)(C)O2)c2c(c1)[nH]c(=O)n2C. The van der Waals surface area contributed by atoms with Gasteiger partial charge in [0.1, 0.15) is 11.5 Å². The van der Waals surface area contributed by atoms with Gasteiger partial charge in [-0.2, -0.15) is 13.2 Å². The van der Waals surface area contributed by atoms with E-state index in [2.05, 4.69) is 25.3 Å². The fraction of sp³-hybridized carbons (Fsp3) is 0.310. The Morgan fingerprint density at radius 3 is 1.76 bits per heavy atom. The van der Waals surface area contributed by atoms with E-state index in [1.165, 1.54) is 23.9 Å². The molecule has 1 aliphatic heterocycles. The molecule has 304 valence electrons. The molecular formula is C42H41BF3N7O6. The fourth-order valence-electron chi connectivity index (χ4n) is 7.92. The van der Waals surface area contributed by atoms with Gasteiger partial charge in [-0.25, -0.2) is 9.59 Å². The standard InChI is InChI=1S/C23H17F3N4O2.C19H24BN3O4/c1-11-19(12(2)32-29-11)13-9-15(21-18(10-13)28-22(31)30(21)3)20-14-5-4-8-27-17(14)7-6-16(20)23(24,25)26;1-10-15(11(2)25-22-10)12-8-13(16-14(9-12)21-17(24)23(16)7)20-26-18(3,4)19(5,6)27-20/h4-10H,1-3H3,(H,28,31);8-9H,1-7H3,(H,21,24). The molecule has 0 bridgehead atoms. The normalized spacial score (nSPS) is 15.1. The van der Waals surface area contributed by atoms with E-state index >= 15 is 0 Å². The highest BCUT2D eigenvalue weighted by atomic mass is 19.4. The lowest BCUT2D eigenvalue weighted by atomic mass is 9.76. The first kappa shape index (κ1) is 39.6. The van der Waals surface area contributed by atoms with E-state index in [-0.39, 0.29) is 16.8 Å². The fourth-order valence-corrected chi connectivity index (χ4v) is 7.92. The molecule has 1 fully saturated rings. The Balaban J connectivity index is 0.000000167. The summed E-state index contributed by atoms with van der Waals surface area (Å²) in [6.45, 7) is 15.3. The maximum atomic E-state index is 14.1. The molecule has 59 heavy (non-hydrogen) atoms. The molecule has 5 aromatic heterocycles. The topological polar surface area (TPSA) is 159 Å². The summed E-state index contributed by atoms with van der Waals surface area (Å²) in [5.41, 5.74) is 5.88. The third kappa shape index (κ3) is 6.48. The molecule has 13 nitrogen and oxygen atoms in total. The summed E-state index contributed by atoms with van der Waals surface area (Å²) in [6.07, 6.45) is -3.08. The van der Waals surface area contributed by atoms with Crippen LogP contribution in [0.15, 0.2) is 73.4 Å². The van der Waals surface area contributed by atoms with Crippen LogP contribution >= 0.6 is 0 Å². The number of halogens is 3. The van der Waals surface area contributed by atoms with Crippen molar-refractivity contribution in [1.82, 2.24) is 34.4 Å². The average molecular weight is 808 g/mol. The molecule has 8 aromatic rings. The van der Waals surface area contributed by atoms with Crippen molar-refractivity contribution in [2.45, 2.75) is 72.8 Å². The maximum Gasteiger partial charge on any atom is 0.497 e. The van der Waals surface area contributed by atoms with Gasteiger partial charge in [0.15, 0.2) is 0 Å². The average Bonchev–Trinajstić information content (AvgIpc) is 3.91. The minimum absolute atomic E-state index is 0.0312. The molecule has 0 spiro atoms. The molecule has 0 atom stereocenters. The van der Waals surface area contributed by atoms with Crippen LogP contribution in [-0.4, -0.2) is 52.7 Å². The number of H-pyrrole nitrogens is 2. The van der Waals surface area contributed by atoms with Crippen molar-refractivity contribution in [2.24, 2.45) is 14.1 Å². The van der Waals surface area contributed by atoms with E-state index in [0.29, 0.717) is 44.5 Å². The molecule has 0 saturated carbocycles. The van der Waals surface area contributed by atoms with Crippen LogP contribution in [0.1, 0.15) is 56.2 Å². The molecule has 0 amide bonds. The monoisotopic (exact) mass is 807 g/mol. The number of rotatable bonds is 4. The van der Waals surface area contributed by atoms with Crippen LogP contribution < -0.4 is 16.8 Å². The summed E-state index contributed by atoms with van der Waals surface area (Å²) < 4.78 is 68.5. The van der Waals surface area contributed by atoms with Crippen molar-refractivity contribution in [1.29, 1.82) is 0 Å². The number of aromatic amines is 2. The quantitative estimate of drug-likeness (QED) is 0.169. The van der Waals surface area contributed by atoms with Crippen LogP contribution in [0, 0.1) is 27.7 Å². The van der Waals surface area contributed by atoms with Crippen molar-refractivity contribution in [3.05, 3.63) is 104 Å². The number of fused-ring (bicyclic) bond motifs is 3. The van der Waals surface area contributed by atoms with Gasteiger partial charge in [0.25, 0.3) is 0 Å². The molecule has 1 aliphatic rings. The minimum atomic E-state index is -4.61.